The number of alkyl halides is 3. The molecule has 0 saturated carbocycles. The summed E-state index contributed by atoms with van der Waals surface area (Å²) in [6.45, 7) is 4.48. The average molecular weight is 750 g/mol. The minimum Gasteiger partial charge on any atom is -0.475 e. The van der Waals surface area contributed by atoms with Crippen molar-refractivity contribution in [2.75, 3.05) is 44.2 Å². The summed E-state index contributed by atoms with van der Waals surface area (Å²) < 4.78 is 45.0. The molecule has 2 heterocycles. The van der Waals surface area contributed by atoms with Crippen molar-refractivity contribution in [3.8, 4) is 6.07 Å². The van der Waals surface area contributed by atoms with Gasteiger partial charge in [0.25, 0.3) is 5.91 Å². The normalized spacial score (nSPS) is 15.7. The monoisotopic (exact) mass is 748 g/mol. The van der Waals surface area contributed by atoms with E-state index in [4.69, 9.17) is 38.4 Å². The van der Waals surface area contributed by atoms with Crippen LogP contribution in [0, 0.1) is 29.0 Å². The van der Waals surface area contributed by atoms with Crippen LogP contribution >= 0.6 is 23.2 Å². The number of hydrogen-bond acceptors (Lipinski definition) is 5. The molecular weight excluding hydrogens is 711 g/mol. The summed E-state index contributed by atoms with van der Waals surface area (Å²) in [5.41, 5.74) is 2.98. The molecule has 0 bridgehead atoms. The highest BCUT2D eigenvalue weighted by Gasteiger charge is 2.38. The van der Waals surface area contributed by atoms with Crippen LogP contribution in [0.15, 0.2) is 66.7 Å². The van der Waals surface area contributed by atoms with Crippen LogP contribution in [0.3, 0.4) is 0 Å². The number of rotatable bonds is 9. The molecule has 3 aromatic carbocycles. The standard InChI is InChI=1S/C35H37Cl2FN4O2.C2HF3O2/c36-32-11-10-31(23-33(32)37)42(17-1-16-40-18-12-26(13-19-40)22-25-4-8-30(38)9-5-25)35(44)29-14-20-41(21-15-29)34(43)28-6-2-27(24-39)3-7-28;3-2(4,5)1(6)7/h2-11,23,26,29H,1,12-22H2;(H,6,7). The van der Waals surface area contributed by atoms with Gasteiger partial charge in [-0.2, -0.15) is 18.4 Å². The molecule has 14 heteroatoms. The summed E-state index contributed by atoms with van der Waals surface area (Å²) in [6.07, 6.45) is 0.0931. The summed E-state index contributed by atoms with van der Waals surface area (Å²) in [6, 6.07) is 20.9. The number of piperidine rings is 2. The Morgan fingerprint density at radius 2 is 1.49 bits per heavy atom. The Kier molecular flexibility index (Phi) is 14.3. The van der Waals surface area contributed by atoms with E-state index in [1.165, 1.54) is 17.7 Å². The predicted octanol–water partition coefficient (Wildman–Crippen LogP) is 7.87. The lowest BCUT2D eigenvalue weighted by Crippen LogP contribution is -2.45. The van der Waals surface area contributed by atoms with Gasteiger partial charge in [-0.3, -0.25) is 9.59 Å². The number of carboxylic acid groups (broad SMARTS) is 1. The zero-order valence-electron chi connectivity index (χ0n) is 27.7. The third-order valence-corrected chi connectivity index (χ3v) is 9.86. The molecule has 2 aliphatic rings. The minimum atomic E-state index is -5.08. The van der Waals surface area contributed by atoms with Gasteiger partial charge in [0.2, 0.25) is 5.91 Å². The van der Waals surface area contributed by atoms with Gasteiger partial charge in [-0.1, -0.05) is 35.3 Å². The molecule has 2 saturated heterocycles. The number of carbonyl (C=O) groups is 3. The van der Waals surface area contributed by atoms with Gasteiger partial charge in [0.15, 0.2) is 0 Å². The summed E-state index contributed by atoms with van der Waals surface area (Å²) in [4.78, 5) is 41.9. The first-order valence-electron chi connectivity index (χ1n) is 16.6. The lowest BCUT2D eigenvalue weighted by atomic mass is 9.90. The van der Waals surface area contributed by atoms with Crippen LogP contribution in [-0.2, 0) is 16.0 Å². The number of amides is 2. The maximum Gasteiger partial charge on any atom is 0.490 e. The van der Waals surface area contributed by atoms with Gasteiger partial charge in [0.05, 0.1) is 21.7 Å². The summed E-state index contributed by atoms with van der Waals surface area (Å²) in [5.74, 6) is -2.59. The highest BCUT2D eigenvalue weighted by molar-refractivity contribution is 6.42. The third-order valence-electron chi connectivity index (χ3n) is 9.12. The predicted molar refractivity (Wildman–Crippen MR) is 186 cm³/mol. The van der Waals surface area contributed by atoms with Crippen molar-refractivity contribution in [1.82, 2.24) is 9.80 Å². The zero-order valence-corrected chi connectivity index (χ0v) is 29.2. The van der Waals surface area contributed by atoms with Gasteiger partial charge in [-0.05, 0) is 124 Å². The maximum absolute atomic E-state index is 13.9. The van der Waals surface area contributed by atoms with Gasteiger partial charge >= 0.3 is 12.1 Å². The van der Waals surface area contributed by atoms with Crippen molar-refractivity contribution in [2.45, 2.75) is 44.7 Å². The van der Waals surface area contributed by atoms with E-state index < -0.39 is 12.1 Å². The number of carboxylic acids is 1. The fraction of sp³-hybridized carbons (Fsp3) is 0.405. The summed E-state index contributed by atoms with van der Waals surface area (Å²) in [5, 5.41) is 17.0. The van der Waals surface area contributed by atoms with E-state index >= 15 is 0 Å². The quantitative estimate of drug-likeness (QED) is 0.224. The molecule has 2 fully saturated rings. The molecular formula is C37H38Cl2F4N4O4. The molecule has 1 N–H and O–H groups in total. The van der Waals surface area contributed by atoms with E-state index in [-0.39, 0.29) is 23.5 Å². The molecule has 8 nitrogen and oxygen atoms in total. The van der Waals surface area contributed by atoms with Crippen LogP contribution in [-0.4, -0.2) is 78.1 Å². The van der Waals surface area contributed by atoms with Crippen molar-refractivity contribution in [2.24, 2.45) is 11.8 Å². The Morgan fingerprint density at radius 3 is 2.04 bits per heavy atom. The Morgan fingerprint density at radius 1 is 0.882 bits per heavy atom. The number of nitrogens with zero attached hydrogens (tertiary/aromatic N) is 4. The summed E-state index contributed by atoms with van der Waals surface area (Å²) >= 11 is 12.5. The van der Waals surface area contributed by atoms with E-state index in [2.05, 4.69) is 11.0 Å². The maximum atomic E-state index is 13.9. The molecule has 0 aromatic heterocycles. The molecule has 5 rings (SSSR count). The van der Waals surface area contributed by atoms with E-state index in [9.17, 15) is 27.2 Å². The van der Waals surface area contributed by atoms with Crippen LogP contribution < -0.4 is 4.90 Å². The van der Waals surface area contributed by atoms with Crippen molar-refractivity contribution in [1.29, 1.82) is 5.26 Å². The van der Waals surface area contributed by atoms with Crippen molar-refractivity contribution in [3.05, 3.63) is 99.3 Å². The van der Waals surface area contributed by atoms with E-state index in [0.717, 1.165) is 51.0 Å². The fourth-order valence-corrected chi connectivity index (χ4v) is 6.55. The number of aliphatic carboxylic acids is 1. The second kappa shape index (κ2) is 18.4. The molecule has 3 aromatic rings. The number of hydrogen-bond donors (Lipinski definition) is 1. The van der Waals surface area contributed by atoms with Gasteiger partial charge < -0.3 is 19.8 Å². The van der Waals surface area contributed by atoms with Gasteiger partial charge in [0.1, 0.15) is 5.82 Å². The number of carbonyl (C=O) groups excluding carboxylic acids is 2. The molecule has 0 unspecified atom stereocenters. The summed E-state index contributed by atoms with van der Waals surface area (Å²) in [7, 11) is 0. The Balaban J connectivity index is 0.000000755. The SMILES string of the molecule is N#Cc1ccc(C(=O)N2CCC(C(=O)N(CCCN3CCC(Cc4ccc(F)cc4)CC3)c3ccc(Cl)c(Cl)c3)CC2)cc1.O=C(O)C(F)(F)F. The Bertz CT molecular complexity index is 1680. The van der Waals surface area contributed by atoms with Crippen LogP contribution in [0.5, 0.6) is 0 Å². The van der Waals surface area contributed by atoms with Crippen LogP contribution in [0.2, 0.25) is 10.0 Å². The number of likely N-dealkylation sites (tertiary alicyclic amines) is 2. The number of benzene rings is 3. The van der Waals surface area contributed by atoms with Gasteiger partial charge in [0, 0.05) is 36.8 Å². The fourth-order valence-electron chi connectivity index (χ4n) is 6.26. The molecule has 2 amide bonds. The van der Waals surface area contributed by atoms with E-state index in [1.807, 2.05) is 23.1 Å². The first-order chi connectivity index (χ1) is 24.2. The molecule has 272 valence electrons. The largest absolute Gasteiger partial charge is 0.490 e. The number of anilines is 1. The molecule has 2 aliphatic heterocycles. The molecule has 0 radical (unpaired) electrons. The molecule has 51 heavy (non-hydrogen) atoms. The second-order valence-electron chi connectivity index (χ2n) is 12.6. The van der Waals surface area contributed by atoms with Gasteiger partial charge in [-0.25, -0.2) is 9.18 Å². The van der Waals surface area contributed by atoms with Crippen molar-refractivity contribution in [3.63, 3.8) is 0 Å². The van der Waals surface area contributed by atoms with Crippen molar-refractivity contribution < 1.29 is 37.1 Å². The second-order valence-corrected chi connectivity index (χ2v) is 13.4. The third kappa shape index (κ3) is 11.7. The van der Waals surface area contributed by atoms with Crippen LogP contribution in [0.25, 0.3) is 0 Å². The lowest BCUT2D eigenvalue weighted by molar-refractivity contribution is -0.192. The molecule has 0 atom stereocenters. The zero-order chi connectivity index (χ0) is 37.1. The van der Waals surface area contributed by atoms with Crippen LogP contribution in [0.1, 0.15) is 53.6 Å². The highest BCUT2D eigenvalue weighted by atomic mass is 35.5. The number of halogens is 6. The Hall–Kier alpha value is -4.18. The smallest absolute Gasteiger partial charge is 0.475 e. The van der Waals surface area contributed by atoms with Crippen molar-refractivity contribution >= 4 is 46.7 Å². The van der Waals surface area contributed by atoms with Gasteiger partial charge in [-0.15, -0.1) is 0 Å². The highest BCUT2D eigenvalue weighted by Crippen LogP contribution is 2.30. The van der Waals surface area contributed by atoms with E-state index in [0.29, 0.717) is 59.6 Å². The van der Waals surface area contributed by atoms with Crippen LogP contribution in [0.4, 0.5) is 23.2 Å². The first kappa shape index (κ1) is 39.6. The number of nitriles is 1. The lowest BCUT2D eigenvalue weighted by Gasteiger charge is -2.35. The van der Waals surface area contributed by atoms with E-state index in [1.54, 1.807) is 41.3 Å². The minimum absolute atomic E-state index is 0.0480. The average Bonchev–Trinajstić information content (AvgIpc) is 3.12. The molecule has 0 aliphatic carbocycles. The molecule has 0 spiro atoms. The Labute approximate surface area is 304 Å². The topological polar surface area (TPSA) is 105 Å². The first-order valence-corrected chi connectivity index (χ1v) is 17.3.